The number of carbonyl (C=O) groups is 2. The molecule has 1 aliphatic rings. The van der Waals surface area contributed by atoms with Gasteiger partial charge in [0.25, 0.3) is 0 Å². The lowest BCUT2D eigenvalue weighted by molar-refractivity contribution is -0.149. The summed E-state index contributed by atoms with van der Waals surface area (Å²) in [6.45, 7) is 2.11. The Morgan fingerprint density at radius 1 is 1.36 bits per heavy atom. The average Bonchev–Trinajstić information content (AvgIpc) is 2.49. The number of rotatable bonds is 5. The number of amides is 1. The lowest BCUT2D eigenvalue weighted by atomic mass is 9.77. The van der Waals surface area contributed by atoms with Crippen LogP contribution in [0.1, 0.15) is 38.2 Å². The summed E-state index contributed by atoms with van der Waals surface area (Å²) in [5, 5.41) is 12.3. The molecule has 0 aromatic heterocycles. The van der Waals surface area contributed by atoms with Crippen molar-refractivity contribution in [1.82, 2.24) is 5.32 Å². The summed E-state index contributed by atoms with van der Waals surface area (Å²) in [5.41, 5.74) is -0.302. The highest BCUT2D eigenvalue weighted by molar-refractivity contribution is 5.88. The summed E-state index contributed by atoms with van der Waals surface area (Å²) in [5.74, 6) is 0.0103. The van der Waals surface area contributed by atoms with Gasteiger partial charge in [-0.05, 0) is 49.3 Å². The second-order valence-corrected chi connectivity index (χ2v) is 6.15. The minimum atomic E-state index is -1.11. The van der Waals surface area contributed by atoms with E-state index in [1.165, 1.54) is 0 Å². The van der Waals surface area contributed by atoms with E-state index in [4.69, 9.17) is 4.74 Å². The number of methoxy groups -OCH3 is 1. The zero-order chi connectivity index (χ0) is 16.2. The van der Waals surface area contributed by atoms with E-state index >= 15 is 0 Å². The average molecular weight is 305 g/mol. The van der Waals surface area contributed by atoms with Crippen molar-refractivity contribution >= 4 is 11.9 Å². The maximum absolute atomic E-state index is 12.3. The Balaban J connectivity index is 2.04. The number of carboxylic acids is 1. The molecule has 1 aromatic rings. The maximum atomic E-state index is 12.3. The molecule has 0 aliphatic heterocycles. The van der Waals surface area contributed by atoms with Gasteiger partial charge in [0.1, 0.15) is 11.3 Å². The van der Waals surface area contributed by atoms with Gasteiger partial charge in [0.2, 0.25) is 5.91 Å². The molecular weight excluding hydrogens is 282 g/mol. The number of carboxylic acid groups (broad SMARTS) is 1. The van der Waals surface area contributed by atoms with Crippen LogP contribution in [0.25, 0.3) is 0 Å². The van der Waals surface area contributed by atoms with Crippen molar-refractivity contribution in [1.29, 1.82) is 0 Å². The van der Waals surface area contributed by atoms with Crippen molar-refractivity contribution in [3.05, 3.63) is 29.8 Å². The molecule has 0 unspecified atom stereocenters. The van der Waals surface area contributed by atoms with Gasteiger partial charge in [0, 0.05) is 0 Å². The highest BCUT2D eigenvalue weighted by atomic mass is 16.5. The molecule has 1 saturated carbocycles. The summed E-state index contributed by atoms with van der Waals surface area (Å²) >= 11 is 0. The van der Waals surface area contributed by atoms with Gasteiger partial charge < -0.3 is 15.2 Å². The van der Waals surface area contributed by atoms with Crippen LogP contribution in [0.4, 0.5) is 0 Å². The third kappa shape index (κ3) is 3.78. The third-order valence-electron chi connectivity index (χ3n) is 4.41. The van der Waals surface area contributed by atoms with Crippen molar-refractivity contribution in [2.24, 2.45) is 5.92 Å². The minimum Gasteiger partial charge on any atom is -0.497 e. The molecule has 5 nitrogen and oxygen atoms in total. The Labute approximate surface area is 130 Å². The number of ether oxygens (including phenoxy) is 1. The molecular formula is C17H23NO4. The van der Waals surface area contributed by atoms with Crippen LogP contribution in [0.15, 0.2) is 24.3 Å². The second-order valence-electron chi connectivity index (χ2n) is 6.15. The summed E-state index contributed by atoms with van der Waals surface area (Å²) in [6.07, 6.45) is 2.79. The van der Waals surface area contributed by atoms with Gasteiger partial charge in [-0.3, -0.25) is 4.79 Å². The topological polar surface area (TPSA) is 75.6 Å². The van der Waals surface area contributed by atoms with Crippen LogP contribution in [0.5, 0.6) is 5.75 Å². The molecule has 5 heteroatoms. The summed E-state index contributed by atoms with van der Waals surface area (Å²) in [4.78, 5) is 23.9. The van der Waals surface area contributed by atoms with E-state index in [0.29, 0.717) is 24.5 Å². The van der Waals surface area contributed by atoms with E-state index in [9.17, 15) is 14.7 Å². The first-order chi connectivity index (χ1) is 10.4. The molecule has 1 fully saturated rings. The number of aliphatic carboxylic acids is 1. The molecule has 0 radical (unpaired) electrons. The zero-order valence-electron chi connectivity index (χ0n) is 13.1. The van der Waals surface area contributed by atoms with Gasteiger partial charge in [0.15, 0.2) is 0 Å². The van der Waals surface area contributed by atoms with Crippen molar-refractivity contribution in [2.75, 3.05) is 7.11 Å². The van der Waals surface area contributed by atoms with Gasteiger partial charge in [0.05, 0.1) is 13.5 Å². The highest BCUT2D eigenvalue weighted by Crippen LogP contribution is 2.32. The summed E-state index contributed by atoms with van der Waals surface area (Å²) in [6, 6.07) is 7.24. The van der Waals surface area contributed by atoms with Gasteiger partial charge in [-0.25, -0.2) is 4.79 Å². The molecule has 0 bridgehead atoms. The maximum Gasteiger partial charge on any atom is 0.329 e. The number of hydrogen-bond acceptors (Lipinski definition) is 3. The van der Waals surface area contributed by atoms with E-state index in [0.717, 1.165) is 18.4 Å². The fourth-order valence-electron chi connectivity index (χ4n) is 2.93. The molecule has 0 saturated heterocycles. The molecule has 1 amide bonds. The van der Waals surface area contributed by atoms with E-state index in [1.807, 2.05) is 18.2 Å². The van der Waals surface area contributed by atoms with Gasteiger partial charge in [-0.1, -0.05) is 19.1 Å². The molecule has 1 aromatic carbocycles. The predicted octanol–water partition coefficient (Wildman–Crippen LogP) is 2.39. The molecule has 2 rings (SSSR count). The van der Waals surface area contributed by atoms with Crippen molar-refractivity contribution in [2.45, 2.75) is 44.6 Å². The molecule has 2 N–H and O–H groups in total. The Morgan fingerprint density at radius 3 is 2.64 bits per heavy atom. The lowest BCUT2D eigenvalue weighted by Gasteiger charge is -2.36. The monoisotopic (exact) mass is 305 g/mol. The SMILES string of the molecule is COc1cccc(CC(=O)NC2(C(=O)O)CCC(C)CC2)c1. The molecule has 22 heavy (non-hydrogen) atoms. The molecule has 120 valence electrons. The van der Waals surface area contributed by atoms with Gasteiger partial charge in [-0.15, -0.1) is 0 Å². The first-order valence-electron chi connectivity index (χ1n) is 7.62. The quantitative estimate of drug-likeness (QED) is 0.876. The molecule has 0 atom stereocenters. The number of hydrogen-bond donors (Lipinski definition) is 2. The number of benzene rings is 1. The zero-order valence-corrected chi connectivity index (χ0v) is 13.1. The van der Waals surface area contributed by atoms with E-state index in [-0.39, 0.29) is 12.3 Å². The lowest BCUT2D eigenvalue weighted by Crippen LogP contribution is -2.56. The summed E-state index contributed by atoms with van der Waals surface area (Å²) in [7, 11) is 1.57. The Hall–Kier alpha value is -2.04. The van der Waals surface area contributed by atoms with Crippen molar-refractivity contribution < 1.29 is 19.4 Å². The largest absolute Gasteiger partial charge is 0.497 e. The van der Waals surface area contributed by atoms with Gasteiger partial charge in [-0.2, -0.15) is 0 Å². The van der Waals surface area contributed by atoms with Crippen LogP contribution >= 0.6 is 0 Å². The van der Waals surface area contributed by atoms with Crippen LogP contribution in [0.2, 0.25) is 0 Å². The first kappa shape index (κ1) is 16.3. The summed E-state index contributed by atoms with van der Waals surface area (Å²) < 4.78 is 5.13. The Bertz CT molecular complexity index is 547. The second kappa shape index (κ2) is 6.81. The van der Waals surface area contributed by atoms with Crippen LogP contribution in [-0.4, -0.2) is 29.6 Å². The fourth-order valence-corrected chi connectivity index (χ4v) is 2.93. The molecule has 0 heterocycles. The van der Waals surface area contributed by atoms with Crippen LogP contribution in [-0.2, 0) is 16.0 Å². The number of carbonyl (C=O) groups excluding carboxylic acids is 1. The van der Waals surface area contributed by atoms with Crippen molar-refractivity contribution in [3.63, 3.8) is 0 Å². The van der Waals surface area contributed by atoms with E-state index in [2.05, 4.69) is 12.2 Å². The van der Waals surface area contributed by atoms with E-state index < -0.39 is 11.5 Å². The van der Waals surface area contributed by atoms with Crippen LogP contribution < -0.4 is 10.1 Å². The highest BCUT2D eigenvalue weighted by Gasteiger charge is 2.42. The Kier molecular flexibility index (Phi) is 5.06. The Morgan fingerprint density at radius 2 is 2.05 bits per heavy atom. The minimum absolute atomic E-state index is 0.155. The fraction of sp³-hybridized carbons (Fsp3) is 0.529. The van der Waals surface area contributed by atoms with Crippen molar-refractivity contribution in [3.8, 4) is 5.75 Å². The van der Waals surface area contributed by atoms with Crippen LogP contribution in [0, 0.1) is 5.92 Å². The van der Waals surface area contributed by atoms with Gasteiger partial charge >= 0.3 is 5.97 Å². The van der Waals surface area contributed by atoms with E-state index in [1.54, 1.807) is 13.2 Å². The normalized spacial score (nSPS) is 24.5. The van der Waals surface area contributed by atoms with Crippen LogP contribution in [0.3, 0.4) is 0 Å². The standard InChI is InChI=1S/C17H23NO4/c1-12-6-8-17(9-7-12,16(20)21)18-15(19)11-13-4-3-5-14(10-13)22-2/h3-5,10,12H,6-9,11H2,1-2H3,(H,18,19)(H,20,21). The molecule has 0 spiro atoms. The smallest absolute Gasteiger partial charge is 0.329 e. The third-order valence-corrected chi connectivity index (χ3v) is 4.41. The number of nitrogens with one attached hydrogen (secondary N) is 1. The molecule has 1 aliphatic carbocycles. The first-order valence-corrected chi connectivity index (χ1v) is 7.62. The predicted molar refractivity (Wildman–Crippen MR) is 82.8 cm³/mol.